The fourth-order valence-electron chi connectivity index (χ4n) is 3.21. The van der Waals surface area contributed by atoms with E-state index in [2.05, 4.69) is 4.98 Å². The Labute approximate surface area is 159 Å². The van der Waals surface area contributed by atoms with E-state index in [0.29, 0.717) is 19.5 Å². The molecule has 3 rings (SSSR count). The van der Waals surface area contributed by atoms with Crippen LogP contribution in [0.25, 0.3) is 10.9 Å². The minimum Gasteiger partial charge on any atom is -0.460 e. The zero-order valence-corrected chi connectivity index (χ0v) is 16.1. The number of likely N-dealkylation sites (tertiary alicyclic amines) is 1. The van der Waals surface area contributed by atoms with Crippen LogP contribution < -0.4 is 0 Å². The average Bonchev–Trinajstić information content (AvgIpc) is 2.65. The van der Waals surface area contributed by atoms with E-state index in [4.69, 9.17) is 9.47 Å². The molecule has 6 heteroatoms. The number of esters is 1. The smallest absolute Gasteiger partial charge is 0.410 e. The number of aromatic nitrogens is 1. The van der Waals surface area contributed by atoms with Crippen molar-refractivity contribution in [2.75, 3.05) is 13.1 Å². The van der Waals surface area contributed by atoms with Crippen LogP contribution in [0.1, 0.15) is 39.2 Å². The lowest BCUT2D eigenvalue weighted by Gasteiger charge is -2.33. The van der Waals surface area contributed by atoms with E-state index in [1.807, 2.05) is 51.1 Å². The van der Waals surface area contributed by atoms with E-state index < -0.39 is 5.60 Å². The van der Waals surface area contributed by atoms with Gasteiger partial charge >= 0.3 is 12.1 Å². The third kappa shape index (κ3) is 4.96. The van der Waals surface area contributed by atoms with Crippen LogP contribution in [0, 0.1) is 5.92 Å². The van der Waals surface area contributed by atoms with Gasteiger partial charge in [-0.1, -0.05) is 24.3 Å². The van der Waals surface area contributed by atoms with Crippen molar-refractivity contribution in [2.24, 2.45) is 5.92 Å². The summed E-state index contributed by atoms with van der Waals surface area (Å²) >= 11 is 0. The van der Waals surface area contributed by atoms with Crippen LogP contribution in [0.15, 0.2) is 36.5 Å². The molecule has 2 aromatic rings. The lowest BCUT2D eigenvalue weighted by Crippen LogP contribution is -2.45. The van der Waals surface area contributed by atoms with Crippen molar-refractivity contribution in [3.8, 4) is 0 Å². The van der Waals surface area contributed by atoms with E-state index >= 15 is 0 Å². The molecule has 0 bridgehead atoms. The molecule has 0 saturated carbocycles. The Morgan fingerprint density at radius 3 is 2.78 bits per heavy atom. The number of carbonyl (C=O) groups is 2. The number of carbonyl (C=O) groups excluding carboxylic acids is 2. The predicted octanol–water partition coefficient (Wildman–Crippen LogP) is 3.93. The number of ether oxygens (including phenoxy) is 2. The first kappa shape index (κ1) is 19.1. The Hall–Kier alpha value is -2.63. The van der Waals surface area contributed by atoms with Gasteiger partial charge in [-0.15, -0.1) is 0 Å². The van der Waals surface area contributed by atoms with Gasteiger partial charge in [0, 0.05) is 30.2 Å². The van der Waals surface area contributed by atoms with Gasteiger partial charge in [-0.2, -0.15) is 0 Å². The molecule has 1 amide bonds. The van der Waals surface area contributed by atoms with Crippen LogP contribution in [-0.4, -0.2) is 40.6 Å². The minimum atomic E-state index is -0.550. The van der Waals surface area contributed by atoms with E-state index in [0.717, 1.165) is 22.9 Å². The summed E-state index contributed by atoms with van der Waals surface area (Å²) in [6.07, 6.45) is 2.83. The molecule has 2 heterocycles. The number of fused-ring (bicyclic) bond motifs is 1. The second-order valence-electron chi connectivity index (χ2n) is 7.87. The SMILES string of the molecule is CC(C)(C)OC(=O)N1CCCC(C(=O)OCc2cccc3cccnc23)C1. The molecule has 1 aromatic heterocycles. The Kier molecular flexibility index (Phi) is 5.63. The molecule has 1 saturated heterocycles. The fraction of sp³-hybridized carbons (Fsp3) is 0.476. The number of para-hydroxylation sites is 1. The molecule has 1 fully saturated rings. The van der Waals surface area contributed by atoms with Crippen molar-refractivity contribution in [3.05, 3.63) is 42.1 Å². The molecule has 0 N–H and O–H groups in total. The molecule has 0 spiro atoms. The van der Waals surface area contributed by atoms with E-state index in [1.54, 1.807) is 11.1 Å². The van der Waals surface area contributed by atoms with Crippen LogP contribution in [-0.2, 0) is 20.9 Å². The van der Waals surface area contributed by atoms with Gasteiger partial charge in [0.05, 0.1) is 11.4 Å². The largest absolute Gasteiger partial charge is 0.460 e. The van der Waals surface area contributed by atoms with Gasteiger partial charge in [0.25, 0.3) is 0 Å². The Morgan fingerprint density at radius 1 is 1.22 bits per heavy atom. The summed E-state index contributed by atoms with van der Waals surface area (Å²) in [7, 11) is 0. The maximum atomic E-state index is 12.5. The van der Waals surface area contributed by atoms with Crippen molar-refractivity contribution in [1.82, 2.24) is 9.88 Å². The number of hydrogen-bond acceptors (Lipinski definition) is 5. The monoisotopic (exact) mass is 370 g/mol. The zero-order chi connectivity index (χ0) is 19.4. The topological polar surface area (TPSA) is 68.7 Å². The standard InChI is InChI=1S/C21H26N2O4/c1-21(2,3)27-20(25)23-12-6-10-16(13-23)19(24)26-14-17-8-4-7-15-9-5-11-22-18(15)17/h4-5,7-9,11,16H,6,10,12-14H2,1-3H3. The summed E-state index contributed by atoms with van der Waals surface area (Å²) in [5.41, 5.74) is 1.17. The normalized spacial score (nSPS) is 17.6. The van der Waals surface area contributed by atoms with Gasteiger partial charge in [0.1, 0.15) is 12.2 Å². The third-order valence-corrected chi connectivity index (χ3v) is 4.49. The second-order valence-corrected chi connectivity index (χ2v) is 7.87. The molecule has 0 radical (unpaired) electrons. The van der Waals surface area contributed by atoms with E-state index in [-0.39, 0.29) is 24.6 Å². The van der Waals surface area contributed by atoms with Crippen LogP contribution >= 0.6 is 0 Å². The van der Waals surface area contributed by atoms with Gasteiger partial charge in [-0.05, 0) is 39.7 Å². The fourth-order valence-corrected chi connectivity index (χ4v) is 3.21. The number of nitrogens with zero attached hydrogens (tertiary/aromatic N) is 2. The number of rotatable bonds is 3. The molecule has 1 aromatic carbocycles. The molecular formula is C21H26N2O4. The molecule has 0 aliphatic carbocycles. The van der Waals surface area contributed by atoms with Crippen molar-refractivity contribution >= 4 is 23.0 Å². The average molecular weight is 370 g/mol. The van der Waals surface area contributed by atoms with Crippen LogP contribution in [0.4, 0.5) is 4.79 Å². The van der Waals surface area contributed by atoms with Crippen LogP contribution in [0.3, 0.4) is 0 Å². The van der Waals surface area contributed by atoms with Gasteiger partial charge in [-0.25, -0.2) is 4.79 Å². The van der Waals surface area contributed by atoms with Gasteiger partial charge in [0.2, 0.25) is 0 Å². The maximum absolute atomic E-state index is 12.5. The zero-order valence-electron chi connectivity index (χ0n) is 16.1. The van der Waals surface area contributed by atoms with Crippen molar-refractivity contribution in [1.29, 1.82) is 0 Å². The lowest BCUT2D eigenvalue weighted by atomic mass is 9.98. The summed E-state index contributed by atoms with van der Waals surface area (Å²) in [6, 6.07) is 9.68. The number of hydrogen-bond donors (Lipinski definition) is 0. The maximum Gasteiger partial charge on any atom is 0.410 e. The highest BCUT2D eigenvalue weighted by Gasteiger charge is 2.31. The van der Waals surface area contributed by atoms with Crippen molar-refractivity contribution in [3.63, 3.8) is 0 Å². The van der Waals surface area contributed by atoms with Gasteiger partial charge < -0.3 is 14.4 Å². The highest BCUT2D eigenvalue weighted by Crippen LogP contribution is 2.22. The molecule has 1 unspecified atom stereocenters. The number of benzene rings is 1. The Bertz CT molecular complexity index is 823. The van der Waals surface area contributed by atoms with E-state index in [9.17, 15) is 9.59 Å². The highest BCUT2D eigenvalue weighted by atomic mass is 16.6. The van der Waals surface area contributed by atoms with E-state index in [1.165, 1.54) is 0 Å². The lowest BCUT2D eigenvalue weighted by molar-refractivity contribution is -0.151. The first-order valence-electron chi connectivity index (χ1n) is 9.31. The number of amides is 1. The highest BCUT2D eigenvalue weighted by molar-refractivity contribution is 5.82. The van der Waals surface area contributed by atoms with Crippen molar-refractivity contribution < 1.29 is 19.1 Å². The third-order valence-electron chi connectivity index (χ3n) is 4.49. The van der Waals surface area contributed by atoms with Crippen LogP contribution in [0.5, 0.6) is 0 Å². The van der Waals surface area contributed by atoms with Gasteiger partial charge in [-0.3, -0.25) is 9.78 Å². The quantitative estimate of drug-likeness (QED) is 0.766. The first-order chi connectivity index (χ1) is 12.8. The molecule has 144 valence electrons. The molecular weight excluding hydrogens is 344 g/mol. The summed E-state index contributed by atoms with van der Waals surface area (Å²) in [6.45, 7) is 6.61. The second kappa shape index (κ2) is 7.94. The predicted molar refractivity (Wildman–Crippen MR) is 102 cm³/mol. The molecule has 27 heavy (non-hydrogen) atoms. The first-order valence-corrected chi connectivity index (χ1v) is 9.31. The summed E-state index contributed by atoms with van der Waals surface area (Å²) in [4.78, 5) is 30.8. The number of piperidine rings is 1. The summed E-state index contributed by atoms with van der Waals surface area (Å²) in [5, 5.41) is 1.01. The molecule has 1 atom stereocenters. The molecule has 1 aliphatic heterocycles. The summed E-state index contributed by atoms with van der Waals surface area (Å²) in [5.74, 6) is -0.606. The number of pyridine rings is 1. The van der Waals surface area contributed by atoms with Crippen molar-refractivity contribution in [2.45, 2.75) is 45.8 Å². The molecule has 6 nitrogen and oxygen atoms in total. The summed E-state index contributed by atoms with van der Waals surface area (Å²) < 4.78 is 11.0. The Balaban J connectivity index is 1.60. The van der Waals surface area contributed by atoms with Gasteiger partial charge in [0.15, 0.2) is 0 Å². The van der Waals surface area contributed by atoms with Crippen LogP contribution in [0.2, 0.25) is 0 Å². The Morgan fingerprint density at radius 2 is 2.00 bits per heavy atom. The minimum absolute atomic E-state index is 0.177. The molecule has 1 aliphatic rings.